The molecule has 0 spiro atoms. The van der Waals surface area contributed by atoms with E-state index in [4.69, 9.17) is 10.7 Å². The number of aryl methyl sites for hydroxylation is 1. The number of halogens is 1. The van der Waals surface area contributed by atoms with Crippen LogP contribution < -0.4 is 5.73 Å². The summed E-state index contributed by atoms with van der Waals surface area (Å²) in [5.74, 6) is 0. The fraction of sp³-hybridized carbons (Fsp3) is 0.0714. The highest BCUT2D eigenvalue weighted by molar-refractivity contribution is 9.10. The normalized spacial score (nSPS) is 11.0. The number of rotatable bonds is 1. The zero-order chi connectivity index (χ0) is 12.7. The summed E-state index contributed by atoms with van der Waals surface area (Å²) < 4.78 is 2.20. The summed E-state index contributed by atoms with van der Waals surface area (Å²) in [7, 11) is 0. The number of hydrogen-bond acceptors (Lipinski definition) is 3. The monoisotopic (exact) mass is 318 g/mol. The van der Waals surface area contributed by atoms with Crippen LogP contribution >= 0.6 is 27.3 Å². The van der Waals surface area contributed by atoms with Gasteiger partial charge in [0.05, 0.1) is 10.2 Å². The zero-order valence-corrected chi connectivity index (χ0v) is 12.2. The number of nitrogens with zero attached hydrogens (tertiary/aromatic N) is 1. The van der Waals surface area contributed by atoms with E-state index in [1.54, 1.807) is 11.3 Å². The molecule has 0 bridgehead atoms. The maximum atomic E-state index is 5.76. The van der Waals surface area contributed by atoms with Gasteiger partial charge in [-0.25, -0.2) is 4.98 Å². The van der Waals surface area contributed by atoms with Gasteiger partial charge < -0.3 is 5.73 Å². The lowest BCUT2D eigenvalue weighted by Gasteiger charge is -2.01. The molecule has 0 aliphatic heterocycles. The minimum absolute atomic E-state index is 0.753. The molecule has 1 heterocycles. The van der Waals surface area contributed by atoms with Crippen LogP contribution in [0.5, 0.6) is 0 Å². The van der Waals surface area contributed by atoms with E-state index >= 15 is 0 Å². The second-order valence-corrected chi connectivity index (χ2v) is 6.06. The number of thiazole rings is 1. The molecule has 0 radical (unpaired) electrons. The van der Waals surface area contributed by atoms with Gasteiger partial charge in [-0.2, -0.15) is 0 Å². The molecule has 3 rings (SSSR count). The topological polar surface area (TPSA) is 38.9 Å². The van der Waals surface area contributed by atoms with Crippen LogP contribution in [-0.4, -0.2) is 4.98 Å². The first-order chi connectivity index (χ1) is 8.65. The minimum atomic E-state index is 0.753. The molecule has 2 nitrogen and oxygen atoms in total. The van der Waals surface area contributed by atoms with Crippen LogP contribution in [0.15, 0.2) is 40.9 Å². The van der Waals surface area contributed by atoms with E-state index in [0.717, 1.165) is 26.2 Å². The maximum Gasteiger partial charge on any atom is 0.125 e. The molecule has 0 unspecified atom stereocenters. The van der Waals surface area contributed by atoms with Crippen molar-refractivity contribution in [3.05, 3.63) is 46.4 Å². The van der Waals surface area contributed by atoms with Crippen molar-refractivity contribution < 1.29 is 0 Å². The Kier molecular flexibility index (Phi) is 2.84. The van der Waals surface area contributed by atoms with Crippen LogP contribution in [0.2, 0.25) is 0 Å². The van der Waals surface area contributed by atoms with Crippen LogP contribution in [0, 0.1) is 6.92 Å². The number of anilines is 1. The van der Waals surface area contributed by atoms with Gasteiger partial charge in [0.25, 0.3) is 0 Å². The van der Waals surface area contributed by atoms with E-state index < -0.39 is 0 Å². The number of nitrogen functional groups attached to an aromatic ring is 1. The van der Waals surface area contributed by atoms with Gasteiger partial charge in [0.1, 0.15) is 5.01 Å². The molecule has 18 heavy (non-hydrogen) atoms. The third-order valence-electron chi connectivity index (χ3n) is 2.84. The van der Waals surface area contributed by atoms with Crippen molar-refractivity contribution in [2.75, 3.05) is 5.73 Å². The average Bonchev–Trinajstić information content (AvgIpc) is 2.74. The summed E-state index contributed by atoms with van der Waals surface area (Å²) in [6.45, 7) is 2.09. The third-order valence-corrected chi connectivity index (χ3v) is 4.55. The van der Waals surface area contributed by atoms with Gasteiger partial charge in [-0.1, -0.05) is 12.1 Å². The van der Waals surface area contributed by atoms with E-state index in [-0.39, 0.29) is 0 Å². The van der Waals surface area contributed by atoms with Crippen molar-refractivity contribution in [1.29, 1.82) is 0 Å². The summed E-state index contributed by atoms with van der Waals surface area (Å²) in [5.41, 5.74) is 9.89. The molecule has 4 heteroatoms. The molecule has 0 atom stereocenters. The molecule has 2 N–H and O–H groups in total. The molecule has 0 saturated heterocycles. The predicted octanol–water partition coefficient (Wildman–Crippen LogP) is 4.62. The Labute approximate surface area is 118 Å². The highest BCUT2D eigenvalue weighted by Gasteiger charge is 2.10. The van der Waals surface area contributed by atoms with Crippen molar-refractivity contribution >= 4 is 43.2 Å². The zero-order valence-electron chi connectivity index (χ0n) is 9.77. The largest absolute Gasteiger partial charge is 0.399 e. The highest BCUT2D eigenvalue weighted by atomic mass is 79.9. The third kappa shape index (κ3) is 1.91. The number of para-hydroxylation sites is 1. The molecular formula is C14H11BrN2S. The van der Waals surface area contributed by atoms with E-state index in [1.807, 2.05) is 18.2 Å². The first kappa shape index (κ1) is 11.7. The number of hydrogen-bond donors (Lipinski definition) is 1. The van der Waals surface area contributed by atoms with Crippen LogP contribution in [-0.2, 0) is 0 Å². The van der Waals surface area contributed by atoms with E-state index in [0.29, 0.717) is 0 Å². The summed E-state index contributed by atoms with van der Waals surface area (Å²) in [6, 6.07) is 12.1. The second-order valence-electron chi connectivity index (χ2n) is 4.18. The van der Waals surface area contributed by atoms with E-state index in [9.17, 15) is 0 Å². The van der Waals surface area contributed by atoms with Gasteiger partial charge >= 0.3 is 0 Å². The van der Waals surface area contributed by atoms with Crippen molar-refractivity contribution in [1.82, 2.24) is 4.98 Å². The maximum absolute atomic E-state index is 5.76. The molecule has 2 aromatic carbocycles. The van der Waals surface area contributed by atoms with Gasteiger partial charge in [-0.05, 0) is 52.7 Å². The smallest absolute Gasteiger partial charge is 0.125 e. The Balaban J connectivity index is 2.23. The van der Waals surface area contributed by atoms with Crippen LogP contribution in [0.1, 0.15) is 5.56 Å². The van der Waals surface area contributed by atoms with Gasteiger partial charge in [0.2, 0.25) is 0 Å². The first-order valence-corrected chi connectivity index (χ1v) is 7.17. The van der Waals surface area contributed by atoms with Gasteiger partial charge in [0.15, 0.2) is 0 Å². The molecule has 0 fully saturated rings. The quantitative estimate of drug-likeness (QED) is 0.665. The van der Waals surface area contributed by atoms with Gasteiger partial charge in [0, 0.05) is 15.7 Å². The molecule has 0 aliphatic carbocycles. The number of nitrogens with two attached hydrogens (primary N) is 1. The molecule has 90 valence electrons. The van der Waals surface area contributed by atoms with Crippen molar-refractivity contribution in [2.45, 2.75) is 6.92 Å². The lowest BCUT2D eigenvalue weighted by atomic mass is 10.2. The van der Waals surface area contributed by atoms with Crippen LogP contribution in [0.4, 0.5) is 5.69 Å². The Hall–Kier alpha value is -1.39. The summed E-state index contributed by atoms with van der Waals surface area (Å²) >= 11 is 5.25. The van der Waals surface area contributed by atoms with Crippen molar-refractivity contribution in [3.63, 3.8) is 0 Å². The fourth-order valence-corrected chi connectivity index (χ4v) is 3.70. The molecule has 0 amide bonds. The summed E-state index contributed by atoms with van der Waals surface area (Å²) in [4.78, 5) is 4.72. The SMILES string of the molecule is Cc1cccc2sc(-c3ccc(N)cc3Br)nc12. The standard InChI is InChI=1S/C14H11BrN2S/c1-8-3-2-4-12-13(8)17-14(18-12)10-6-5-9(16)7-11(10)15/h2-7H,16H2,1H3. The minimum Gasteiger partial charge on any atom is -0.399 e. The Morgan fingerprint density at radius 1 is 1.22 bits per heavy atom. The fourth-order valence-electron chi connectivity index (χ4n) is 1.91. The number of fused-ring (bicyclic) bond motifs is 1. The Morgan fingerprint density at radius 2 is 2.06 bits per heavy atom. The van der Waals surface area contributed by atoms with E-state index in [2.05, 4.69) is 41.1 Å². The predicted molar refractivity (Wildman–Crippen MR) is 81.9 cm³/mol. The lowest BCUT2D eigenvalue weighted by molar-refractivity contribution is 1.41. The van der Waals surface area contributed by atoms with Crippen LogP contribution in [0.25, 0.3) is 20.8 Å². The summed E-state index contributed by atoms with van der Waals surface area (Å²) in [6.07, 6.45) is 0. The van der Waals surface area contributed by atoms with Gasteiger partial charge in [-0.15, -0.1) is 11.3 Å². The van der Waals surface area contributed by atoms with E-state index in [1.165, 1.54) is 10.3 Å². The second kappa shape index (κ2) is 4.37. The number of benzene rings is 2. The lowest BCUT2D eigenvalue weighted by Crippen LogP contribution is -1.85. The van der Waals surface area contributed by atoms with Crippen molar-refractivity contribution in [3.8, 4) is 10.6 Å². The molecule has 0 saturated carbocycles. The Bertz CT molecular complexity index is 734. The highest BCUT2D eigenvalue weighted by Crippen LogP contribution is 2.36. The molecule has 1 aromatic heterocycles. The molecular weight excluding hydrogens is 308 g/mol. The molecule has 3 aromatic rings. The number of aromatic nitrogens is 1. The first-order valence-electron chi connectivity index (χ1n) is 5.57. The molecule has 0 aliphatic rings. The van der Waals surface area contributed by atoms with Crippen LogP contribution in [0.3, 0.4) is 0 Å². The van der Waals surface area contributed by atoms with Crippen molar-refractivity contribution in [2.24, 2.45) is 0 Å². The average molecular weight is 319 g/mol. The van der Waals surface area contributed by atoms with Gasteiger partial charge in [-0.3, -0.25) is 0 Å². The summed E-state index contributed by atoms with van der Waals surface area (Å²) in [5, 5.41) is 1.02. The Morgan fingerprint density at radius 3 is 2.78 bits per heavy atom.